The first-order chi connectivity index (χ1) is 13.1. The van der Waals surface area contributed by atoms with Gasteiger partial charge >= 0.3 is 0 Å². The lowest BCUT2D eigenvalue weighted by atomic mass is 10.1. The molecule has 2 aliphatic rings. The molecule has 0 radical (unpaired) electrons. The number of Topliss-reactive ketones (excluding diaryl/α,β-unsaturated/α-hetero) is 1. The van der Waals surface area contributed by atoms with E-state index in [2.05, 4.69) is 22.5 Å². The van der Waals surface area contributed by atoms with E-state index in [4.69, 9.17) is 0 Å². The zero-order valence-corrected chi connectivity index (χ0v) is 15.6. The number of amides is 1. The van der Waals surface area contributed by atoms with Crippen LogP contribution in [0.5, 0.6) is 0 Å². The Bertz CT molecular complexity index is 860. The third kappa shape index (κ3) is 3.94. The lowest BCUT2D eigenvalue weighted by molar-refractivity contribution is 0.0992. The van der Waals surface area contributed by atoms with E-state index in [1.165, 1.54) is 5.56 Å². The molecule has 0 bridgehead atoms. The largest absolute Gasteiger partial charge is 0.322 e. The smallest absolute Gasteiger partial charge is 0.255 e. The Balaban J connectivity index is 1.40. The molecule has 0 aromatic heterocycles. The van der Waals surface area contributed by atoms with Crippen molar-refractivity contribution in [3.05, 3.63) is 64.7 Å². The van der Waals surface area contributed by atoms with Crippen LogP contribution < -0.4 is 10.6 Å². The maximum absolute atomic E-state index is 12.5. The van der Waals surface area contributed by atoms with Crippen molar-refractivity contribution in [1.29, 1.82) is 0 Å². The highest BCUT2D eigenvalue weighted by atomic mass is 16.1. The van der Waals surface area contributed by atoms with Gasteiger partial charge in [-0.2, -0.15) is 0 Å². The van der Waals surface area contributed by atoms with Crippen molar-refractivity contribution in [2.75, 3.05) is 25.0 Å². The van der Waals surface area contributed by atoms with Gasteiger partial charge in [-0.05, 0) is 54.8 Å². The average molecular weight is 363 g/mol. The highest BCUT2D eigenvalue weighted by Crippen LogP contribution is 2.25. The van der Waals surface area contributed by atoms with Crippen molar-refractivity contribution in [1.82, 2.24) is 10.2 Å². The highest BCUT2D eigenvalue weighted by Gasteiger charge is 2.20. The number of nitrogens with one attached hydrogen (secondary N) is 2. The van der Waals surface area contributed by atoms with E-state index < -0.39 is 0 Å². The molecule has 2 aromatic rings. The van der Waals surface area contributed by atoms with Crippen molar-refractivity contribution in [2.45, 2.75) is 32.4 Å². The van der Waals surface area contributed by atoms with Crippen molar-refractivity contribution >= 4 is 17.4 Å². The van der Waals surface area contributed by atoms with E-state index >= 15 is 0 Å². The summed E-state index contributed by atoms with van der Waals surface area (Å²) in [5, 5.41) is 6.34. The molecule has 140 valence electrons. The summed E-state index contributed by atoms with van der Waals surface area (Å²) in [5.41, 5.74) is 4.42. The molecule has 1 heterocycles. The molecule has 5 heteroatoms. The van der Waals surface area contributed by atoms with Crippen LogP contribution in [0.4, 0.5) is 5.69 Å². The minimum absolute atomic E-state index is 0.124. The number of nitrogens with zero attached hydrogens (tertiary/aromatic N) is 1. The number of piperazine rings is 1. The van der Waals surface area contributed by atoms with Crippen LogP contribution in [0.1, 0.15) is 45.2 Å². The summed E-state index contributed by atoms with van der Waals surface area (Å²) in [6.07, 6.45) is 1.33. The van der Waals surface area contributed by atoms with Crippen LogP contribution in [0.3, 0.4) is 0 Å². The molecule has 1 saturated heterocycles. The fourth-order valence-electron chi connectivity index (χ4n) is 3.85. The number of rotatable bonds is 4. The predicted molar refractivity (Wildman–Crippen MR) is 106 cm³/mol. The van der Waals surface area contributed by atoms with E-state index in [1.807, 2.05) is 36.4 Å². The maximum atomic E-state index is 12.5. The first-order valence-electron chi connectivity index (χ1n) is 9.61. The number of hydrogen-bond donors (Lipinski definition) is 2. The third-order valence-corrected chi connectivity index (χ3v) is 5.53. The Kier molecular flexibility index (Phi) is 5.05. The number of carbonyl (C=O) groups is 2. The van der Waals surface area contributed by atoms with Gasteiger partial charge < -0.3 is 10.6 Å². The normalized spacial score (nSPS) is 19.7. The monoisotopic (exact) mass is 363 g/mol. The fraction of sp³-hybridized carbons (Fsp3) is 0.364. The first kappa shape index (κ1) is 17.9. The van der Waals surface area contributed by atoms with Crippen LogP contribution in [0.2, 0.25) is 0 Å². The van der Waals surface area contributed by atoms with Gasteiger partial charge in [-0.25, -0.2) is 0 Å². The van der Waals surface area contributed by atoms with Gasteiger partial charge in [0.05, 0.1) is 0 Å². The minimum atomic E-state index is -0.124. The molecule has 4 rings (SSSR count). The molecule has 27 heavy (non-hydrogen) atoms. The van der Waals surface area contributed by atoms with E-state index in [1.54, 1.807) is 6.07 Å². The fourth-order valence-corrected chi connectivity index (χ4v) is 3.85. The average Bonchev–Trinajstić information content (AvgIpc) is 3.04. The number of carbonyl (C=O) groups excluding carboxylic acids is 2. The number of hydrogen-bond acceptors (Lipinski definition) is 4. The second-order valence-electron chi connectivity index (χ2n) is 7.47. The lowest BCUT2D eigenvalue weighted by Crippen LogP contribution is -2.49. The molecule has 2 N–H and O–H groups in total. The molecule has 1 aliphatic carbocycles. The molecule has 0 spiro atoms. The summed E-state index contributed by atoms with van der Waals surface area (Å²) in [4.78, 5) is 26.7. The Morgan fingerprint density at radius 2 is 2.00 bits per heavy atom. The second kappa shape index (κ2) is 7.62. The summed E-state index contributed by atoms with van der Waals surface area (Å²) in [6.45, 7) is 6.23. The van der Waals surface area contributed by atoms with Crippen LogP contribution in [0.25, 0.3) is 0 Å². The Morgan fingerprint density at radius 3 is 2.78 bits per heavy atom. The predicted octanol–water partition coefficient (Wildman–Crippen LogP) is 2.86. The van der Waals surface area contributed by atoms with E-state index in [0.717, 1.165) is 49.4 Å². The summed E-state index contributed by atoms with van der Waals surface area (Å²) in [5.74, 6) is 0.0682. The third-order valence-electron chi connectivity index (χ3n) is 5.53. The molecule has 5 nitrogen and oxygen atoms in total. The van der Waals surface area contributed by atoms with Crippen LogP contribution in [-0.2, 0) is 13.0 Å². The number of fused-ring (bicyclic) bond motifs is 1. The van der Waals surface area contributed by atoms with Gasteiger partial charge in [0.15, 0.2) is 5.78 Å². The van der Waals surface area contributed by atoms with Crippen molar-refractivity contribution in [3.63, 3.8) is 0 Å². The number of ketones is 1. The zero-order chi connectivity index (χ0) is 18.8. The maximum Gasteiger partial charge on any atom is 0.255 e. The number of anilines is 1. The molecule has 1 aliphatic heterocycles. The molecular weight excluding hydrogens is 338 g/mol. The van der Waals surface area contributed by atoms with Gasteiger partial charge in [-0.1, -0.05) is 12.1 Å². The van der Waals surface area contributed by atoms with E-state index in [9.17, 15) is 9.59 Å². The molecule has 1 fully saturated rings. The van der Waals surface area contributed by atoms with Gasteiger partial charge in [-0.3, -0.25) is 14.5 Å². The zero-order valence-electron chi connectivity index (χ0n) is 15.6. The number of benzene rings is 2. The quantitative estimate of drug-likeness (QED) is 0.877. The first-order valence-corrected chi connectivity index (χ1v) is 9.61. The van der Waals surface area contributed by atoms with Crippen LogP contribution in [-0.4, -0.2) is 42.3 Å². The topological polar surface area (TPSA) is 61.4 Å². The van der Waals surface area contributed by atoms with Crippen molar-refractivity contribution < 1.29 is 9.59 Å². The van der Waals surface area contributed by atoms with Gasteiger partial charge in [0.2, 0.25) is 0 Å². The van der Waals surface area contributed by atoms with Crippen molar-refractivity contribution in [2.24, 2.45) is 0 Å². The van der Waals surface area contributed by atoms with Crippen LogP contribution in [0, 0.1) is 0 Å². The minimum Gasteiger partial charge on any atom is -0.322 e. The Morgan fingerprint density at radius 1 is 1.19 bits per heavy atom. The summed E-state index contributed by atoms with van der Waals surface area (Å²) < 4.78 is 0. The summed E-state index contributed by atoms with van der Waals surface area (Å²) in [7, 11) is 0. The summed E-state index contributed by atoms with van der Waals surface area (Å²) in [6, 6.07) is 13.9. The highest BCUT2D eigenvalue weighted by molar-refractivity contribution is 6.05. The van der Waals surface area contributed by atoms with Gasteiger partial charge in [0.1, 0.15) is 0 Å². The summed E-state index contributed by atoms with van der Waals surface area (Å²) >= 11 is 0. The van der Waals surface area contributed by atoms with Crippen LogP contribution >= 0.6 is 0 Å². The molecule has 1 amide bonds. The molecular formula is C22H25N3O2. The van der Waals surface area contributed by atoms with Crippen molar-refractivity contribution in [3.8, 4) is 0 Å². The lowest BCUT2D eigenvalue weighted by Gasteiger charge is -2.33. The van der Waals surface area contributed by atoms with Gasteiger partial charge in [0.25, 0.3) is 5.91 Å². The molecule has 2 aromatic carbocycles. The van der Waals surface area contributed by atoms with E-state index in [-0.39, 0.29) is 11.7 Å². The van der Waals surface area contributed by atoms with Gasteiger partial charge in [0, 0.05) is 55.5 Å². The molecule has 0 saturated carbocycles. The second-order valence-corrected chi connectivity index (χ2v) is 7.47. The molecule has 1 unspecified atom stereocenters. The Hall–Kier alpha value is -2.50. The van der Waals surface area contributed by atoms with Crippen LogP contribution in [0.15, 0.2) is 42.5 Å². The van der Waals surface area contributed by atoms with Gasteiger partial charge in [-0.15, -0.1) is 0 Å². The SMILES string of the molecule is CC1CNCCN1Cc1ccc(C(=O)Nc2ccc3c(c2)CCC3=O)cc1. The number of aryl methyl sites for hydroxylation is 1. The Labute approximate surface area is 159 Å². The molecule has 1 atom stereocenters. The standard InChI is InChI=1S/C22H25N3O2/c1-15-13-23-10-11-25(15)14-16-2-4-17(5-3-16)22(27)24-19-7-8-20-18(12-19)6-9-21(20)26/h2-5,7-8,12,15,23H,6,9-11,13-14H2,1H3,(H,24,27). The van der Waals surface area contributed by atoms with E-state index in [0.29, 0.717) is 18.0 Å².